The molecule has 0 aromatic heterocycles. The first kappa shape index (κ1) is 29.5. The molecule has 4 rings (SSSR count). The summed E-state index contributed by atoms with van der Waals surface area (Å²) in [5, 5.41) is 24.9. The van der Waals surface area contributed by atoms with Crippen molar-refractivity contribution < 1.29 is 43.4 Å². The third kappa shape index (κ3) is 4.97. The van der Waals surface area contributed by atoms with Gasteiger partial charge < -0.3 is 19.3 Å². The number of benzene rings is 2. The molecule has 13 nitrogen and oxygen atoms in total. The Labute approximate surface area is 235 Å². The molecule has 0 aliphatic carbocycles. The number of unbranched alkanes of at least 4 members (excludes halogenated alkanes) is 1. The third-order valence-corrected chi connectivity index (χ3v) is 7.78. The van der Waals surface area contributed by atoms with Gasteiger partial charge in [-0.1, -0.05) is 25.5 Å². The fourth-order valence-electron chi connectivity index (χ4n) is 5.81. The zero-order chi connectivity index (χ0) is 30.1. The first-order valence-corrected chi connectivity index (χ1v) is 13.0. The molecule has 2 heterocycles. The van der Waals surface area contributed by atoms with E-state index in [9.17, 15) is 34.4 Å². The monoisotopic (exact) mass is 569 g/mol. The number of nitro groups is 1. The zero-order valence-corrected chi connectivity index (χ0v) is 23.0. The van der Waals surface area contributed by atoms with Gasteiger partial charge in [-0.15, -0.1) is 0 Å². The first-order valence-electron chi connectivity index (χ1n) is 13.0. The number of nitrogens with zero attached hydrogens (tertiary/aromatic N) is 2. The second-order valence-electron chi connectivity index (χ2n) is 9.97. The van der Waals surface area contributed by atoms with E-state index in [1.165, 1.54) is 57.7 Å². The number of fused-ring (bicyclic) bond motifs is 1. The zero-order valence-electron chi connectivity index (χ0n) is 23.0. The van der Waals surface area contributed by atoms with Crippen LogP contribution < -0.4 is 14.8 Å². The van der Waals surface area contributed by atoms with Gasteiger partial charge in [0.15, 0.2) is 0 Å². The molecule has 2 aliphatic rings. The van der Waals surface area contributed by atoms with Crippen LogP contribution in [0, 0.1) is 22.0 Å². The Hall–Kier alpha value is -4.52. The van der Waals surface area contributed by atoms with Crippen LogP contribution in [0.3, 0.4) is 0 Å². The predicted octanol–water partition coefficient (Wildman–Crippen LogP) is 2.51. The van der Waals surface area contributed by atoms with Crippen LogP contribution in [0.15, 0.2) is 36.4 Å². The number of carboxylic acid groups (broad SMARTS) is 1. The van der Waals surface area contributed by atoms with Gasteiger partial charge in [0.2, 0.25) is 11.8 Å². The number of carboxylic acids is 1. The first-order chi connectivity index (χ1) is 19.5. The third-order valence-electron chi connectivity index (χ3n) is 7.78. The maximum absolute atomic E-state index is 13.8. The maximum Gasteiger partial charge on any atom is 0.341 e. The molecule has 2 aromatic rings. The molecule has 2 aromatic carbocycles. The van der Waals surface area contributed by atoms with Gasteiger partial charge in [-0.2, -0.15) is 0 Å². The number of hydrogen-bond acceptors (Lipinski definition) is 10. The number of hydrogen-bond donors (Lipinski definition) is 2. The number of carbonyl (C=O) groups excluding carboxylic acids is 3. The number of aliphatic carboxylic acids is 1. The lowest BCUT2D eigenvalue weighted by molar-refractivity contribution is -0.384. The summed E-state index contributed by atoms with van der Waals surface area (Å²) in [6.07, 6.45) is 0.950. The molecule has 2 N–H and O–H groups in total. The van der Waals surface area contributed by atoms with Crippen LogP contribution >= 0.6 is 0 Å². The van der Waals surface area contributed by atoms with Crippen LogP contribution in [0.2, 0.25) is 0 Å². The average molecular weight is 570 g/mol. The molecule has 0 radical (unpaired) electrons. The summed E-state index contributed by atoms with van der Waals surface area (Å²) in [5.41, 5.74) is -1.65. The Balaban J connectivity index is 1.93. The van der Waals surface area contributed by atoms with E-state index in [1.807, 2.05) is 6.92 Å². The van der Waals surface area contributed by atoms with E-state index in [0.717, 1.165) is 4.90 Å². The van der Waals surface area contributed by atoms with E-state index in [4.69, 9.17) is 14.2 Å². The fraction of sp³-hybridized carbons (Fsp3) is 0.429. The SMILES string of the molecule is CCCCN1C(=O)C2C(c3cc(OC)cc(OC)c3C(=O)OC)NC(Cc3ccc([N+](=O)[O-])cc3)(C(=O)O)C2C1=O. The summed E-state index contributed by atoms with van der Waals surface area (Å²) < 4.78 is 15.8. The molecule has 0 bridgehead atoms. The van der Waals surface area contributed by atoms with Crippen molar-refractivity contribution in [1.82, 2.24) is 10.2 Å². The molecule has 2 fully saturated rings. The minimum Gasteiger partial charge on any atom is -0.497 e. The number of carbonyl (C=O) groups is 4. The highest BCUT2D eigenvalue weighted by Gasteiger charge is 2.68. The Kier molecular flexibility index (Phi) is 8.29. The van der Waals surface area contributed by atoms with Gasteiger partial charge in [0.05, 0.1) is 38.1 Å². The van der Waals surface area contributed by atoms with E-state index in [1.54, 1.807) is 0 Å². The molecular weight excluding hydrogens is 538 g/mol. The summed E-state index contributed by atoms with van der Waals surface area (Å²) in [7, 11) is 3.91. The number of esters is 1. The molecule has 4 unspecified atom stereocenters. The summed E-state index contributed by atoms with van der Waals surface area (Å²) in [6.45, 7) is 2.02. The predicted molar refractivity (Wildman–Crippen MR) is 143 cm³/mol. The lowest BCUT2D eigenvalue weighted by Gasteiger charge is -2.31. The standard InChI is InChI=1S/C28H31N3O10/c1-5-6-11-30-24(32)21-22(25(30)33)28(27(35)36,14-15-7-9-16(10-8-15)31(37)38)29-23(21)18-12-17(39-2)13-19(40-3)20(18)26(34)41-4/h7-10,12-13,21-23,29H,5-6,11,14H2,1-4H3,(H,35,36). The Morgan fingerprint density at radius 3 is 2.32 bits per heavy atom. The van der Waals surface area contributed by atoms with Crippen molar-refractivity contribution in [3.8, 4) is 11.5 Å². The van der Waals surface area contributed by atoms with Crippen molar-refractivity contribution in [3.63, 3.8) is 0 Å². The Bertz CT molecular complexity index is 1390. The van der Waals surface area contributed by atoms with Crippen LogP contribution in [-0.4, -0.2) is 72.1 Å². The number of rotatable bonds is 11. The van der Waals surface area contributed by atoms with Crippen LogP contribution in [0.25, 0.3) is 0 Å². The van der Waals surface area contributed by atoms with Gasteiger partial charge in [-0.3, -0.25) is 34.7 Å². The van der Waals surface area contributed by atoms with E-state index in [2.05, 4.69) is 5.32 Å². The van der Waals surface area contributed by atoms with E-state index in [-0.39, 0.29) is 41.3 Å². The number of non-ortho nitro benzene ring substituents is 1. The number of amides is 2. The molecule has 41 heavy (non-hydrogen) atoms. The highest BCUT2D eigenvalue weighted by Crippen LogP contribution is 2.52. The van der Waals surface area contributed by atoms with Gasteiger partial charge in [0.1, 0.15) is 22.6 Å². The number of ether oxygens (including phenoxy) is 3. The van der Waals surface area contributed by atoms with Crippen molar-refractivity contribution in [2.24, 2.45) is 11.8 Å². The van der Waals surface area contributed by atoms with E-state index < -0.39 is 52.1 Å². The second-order valence-corrected chi connectivity index (χ2v) is 9.97. The smallest absolute Gasteiger partial charge is 0.341 e. The van der Waals surface area contributed by atoms with Gasteiger partial charge in [0, 0.05) is 37.2 Å². The van der Waals surface area contributed by atoms with Crippen molar-refractivity contribution in [2.75, 3.05) is 27.9 Å². The minimum atomic E-state index is -2.00. The molecule has 13 heteroatoms. The average Bonchev–Trinajstić information content (AvgIpc) is 3.44. The lowest BCUT2D eigenvalue weighted by Crippen LogP contribution is -2.57. The van der Waals surface area contributed by atoms with Crippen molar-refractivity contribution in [1.29, 1.82) is 0 Å². The van der Waals surface area contributed by atoms with Gasteiger partial charge >= 0.3 is 11.9 Å². The molecule has 2 aliphatic heterocycles. The normalized spacial score (nSPS) is 23.3. The molecular formula is C28H31N3O10. The van der Waals surface area contributed by atoms with Gasteiger partial charge in [-0.05, 0) is 23.6 Å². The number of likely N-dealkylation sites (tertiary alicyclic amines) is 1. The van der Waals surface area contributed by atoms with E-state index >= 15 is 0 Å². The van der Waals surface area contributed by atoms with Crippen molar-refractivity contribution in [2.45, 2.75) is 37.8 Å². The molecule has 0 spiro atoms. The number of nitro benzene ring substituents is 1. The van der Waals surface area contributed by atoms with Crippen molar-refractivity contribution in [3.05, 3.63) is 63.2 Å². The summed E-state index contributed by atoms with van der Waals surface area (Å²) in [4.78, 5) is 65.4. The summed E-state index contributed by atoms with van der Waals surface area (Å²) in [5.74, 6) is -5.56. The lowest BCUT2D eigenvalue weighted by atomic mass is 9.76. The van der Waals surface area contributed by atoms with Crippen LogP contribution in [-0.2, 0) is 25.5 Å². The van der Waals surface area contributed by atoms with Crippen LogP contribution in [0.4, 0.5) is 5.69 Å². The molecule has 2 saturated heterocycles. The summed E-state index contributed by atoms with van der Waals surface area (Å²) in [6, 6.07) is 7.13. The molecule has 2 amide bonds. The Morgan fingerprint density at radius 2 is 1.78 bits per heavy atom. The molecule has 0 saturated carbocycles. The topological polar surface area (TPSA) is 175 Å². The van der Waals surface area contributed by atoms with Gasteiger partial charge in [-0.25, -0.2) is 4.79 Å². The summed E-state index contributed by atoms with van der Waals surface area (Å²) >= 11 is 0. The molecule has 218 valence electrons. The number of imide groups is 1. The number of nitrogens with one attached hydrogen (secondary N) is 1. The second kappa shape index (κ2) is 11.5. The molecule has 4 atom stereocenters. The van der Waals surface area contributed by atoms with Gasteiger partial charge in [0.25, 0.3) is 5.69 Å². The quantitative estimate of drug-likeness (QED) is 0.176. The number of methoxy groups -OCH3 is 3. The van der Waals surface area contributed by atoms with Crippen LogP contribution in [0.5, 0.6) is 11.5 Å². The highest BCUT2D eigenvalue weighted by molar-refractivity contribution is 6.10. The van der Waals surface area contributed by atoms with Crippen molar-refractivity contribution >= 4 is 29.4 Å². The Morgan fingerprint density at radius 1 is 1.10 bits per heavy atom. The van der Waals surface area contributed by atoms with Crippen LogP contribution in [0.1, 0.15) is 47.3 Å². The largest absolute Gasteiger partial charge is 0.497 e. The minimum absolute atomic E-state index is 0.0455. The fourth-order valence-corrected chi connectivity index (χ4v) is 5.81. The van der Waals surface area contributed by atoms with E-state index in [0.29, 0.717) is 18.4 Å². The maximum atomic E-state index is 13.8. The highest BCUT2D eigenvalue weighted by atomic mass is 16.6.